The minimum Gasteiger partial charge on any atom is -1.00 e. The van der Waals surface area contributed by atoms with E-state index in [0.717, 1.165) is 38.6 Å². The molecule has 0 fully saturated rings. The predicted octanol–water partition coefficient (Wildman–Crippen LogP) is 6.31. The van der Waals surface area contributed by atoms with Gasteiger partial charge in [-0.05, 0) is 82.1 Å². The molecular weight excluding hydrogens is 739 g/mol. The monoisotopic (exact) mass is 823 g/mol. The lowest BCUT2D eigenvalue weighted by Gasteiger charge is -2.30. The maximum Gasteiger partial charge on any atom is 0.314 e. The van der Waals surface area contributed by atoms with Crippen molar-refractivity contribution in [1.29, 1.82) is 0 Å². The van der Waals surface area contributed by atoms with Crippen LogP contribution in [0.4, 0.5) is 0 Å². The number of nitrogens with zero attached hydrogens (tertiary/aromatic N) is 1. The summed E-state index contributed by atoms with van der Waals surface area (Å²) in [5.41, 5.74) is 3.86. The van der Waals surface area contributed by atoms with Crippen LogP contribution in [0.1, 0.15) is 181 Å². The van der Waals surface area contributed by atoms with Gasteiger partial charge < -0.3 is 44.5 Å². The number of carbonyl (C=O) groups is 2. The summed E-state index contributed by atoms with van der Waals surface area (Å²) >= 11 is 0. The van der Waals surface area contributed by atoms with Crippen LogP contribution in [-0.4, -0.2) is 50.2 Å². The van der Waals surface area contributed by atoms with E-state index in [1.165, 1.54) is 146 Å². The number of hydrogen-bond acceptors (Lipinski definition) is 4. The third-order valence-electron chi connectivity index (χ3n) is 10.6. The number of unbranched alkanes of at least 4 members (excludes halogenated alkanes) is 20. The van der Waals surface area contributed by atoms with Crippen molar-refractivity contribution in [2.75, 3.05) is 33.7 Å². The van der Waals surface area contributed by atoms with Gasteiger partial charge in [0.25, 0.3) is 0 Å². The Morgan fingerprint density at radius 3 is 1.38 bits per heavy atom. The number of ether oxygens (including phenoxy) is 2. The van der Waals surface area contributed by atoms with Crippen LogP contribution in [0.2, 0.25) is 0 Å². The van der Waals surface area contributed by atoms with Crippen molar-refractivity contribution in [3.63, 3.8) is 0 Å². The van der Waals surface area contributed by atoms with Crippen molar-refractivity contribution in [1.82, 2.24) is 0 Å². The molecule has 2 aromatic carbocycles. The number of quaternary nitrogens is 2. The molecule has 8 heteroatoms. The van der Waals surface area contributed by atoms with Crippen molar-refractivity contribution in [2.45, 2.75) is 181 Å². The Morgan fingerprint density at radius 1 is 0.536 bits per heavy atom. The van der Waals surface area contributed by atoms with Gasteiger partial charge in [0.2, 0.25) is 0 Å². The molecule has 0 heterocycles. The van der Waals surface area contributed by atoms with E-state index in [1.54, 1.807) is 0 Å². The van der Waals surface area contributed by atoms with E-state index in [0.29, 0.717) is 17.9 Å². The van der Waals surface area contributed by atoms with Crippen molar-refractivity contribution >= 4 is 11.9 Å². The minimum absolute atomic E-state index is 0. The average molecular weight is 824 g/mol. The average Bonchev–Trinajstić information content (AvgIpc) is 3.17. The van der Waals surface area contributed by atoms with Gasteiger partial charge in [0.15, 0.2) is 0 Å². The smallest absolute Gasteiger partial charge is 0.314 e. The number of hydrogen-bond donors (Lipinski definition) is 1. The van der Waals surface area contributed by atoms with Gasteiger partial charge in [-0.1, -0.05) is 153 Å². The maximum atomic E-state index is 12.4. The third-order valence-corrected chi connectivity index (χ3v) is 10.6. The molecule has 0 aliphatic heterocycles. The second-order valence-electron chi connectivity index (χ2n) is 16.2. The molecule has 0 bridgehead atoms. The van der Waals surface area contributed by atoms with Crippen molar-refractivity contribution in [3.05, 3.63) is 60.7 Å². The molecule has 3 N–H and O–H groups in total. The van der Waals surface area contributed by atoms with Crippen LogP contribution >= 0.6 is 0 Å². The van der Waals surface area contributed by atoms with E-state index in [-0.39, 0.29) is 42.7 Å². The molecule has 0 spiro atoms. The first-order valence-corrected chi connectivity index (χ1v) is 22.4. The lowest BCUT2D eigenvalue weighted by molar-refractivity contribution is -0.890. The highest BCUT2D eigenvalue weighted by Gasteiger charge is 2.18. The van der Waals surface area contributed by atoms with Gasteiger partial charge in [0.1, 0.15) is 11.5 Å². The summed E-state index contributed by atoms with van der Waals surface area (Å²) in [6, 6.07) is 18.7. The van der Waals surface area contributed by atoms with Crippen molar-refractivity contribution in [2.24, 2.45) is 5.92 Å². The largest absolute Gasteiger partial charge is 1.00 e. The Labute approximate surface area is 357 Å². The fourth-order valence-corrected chi connectivity index (χ4v) is 6.95. The van der Waals surface area contributed by atoms with Crippen LogP contribution in [-0.2, 0) is 9.59 Å². The fourth-order valence-electron chi connectivity index (χ4n) is 6.95. The molecule has 0 saturated heterocycles. The number of rotatable bonds is 33. The molecule has 0 aliphatic rings. The van der Waals surface area contributed by atoms with Crippen LogP contribution in [0.5, 0.6) is 11.5 Å². The third kappa shape index (κ3) is 34.0. The summed E-state index contributed by atoms with van der Waals surface area (Å²) in [6.45, 7) is 8.10. The van der Waals surface area contributed by atoms with Crippen LogP contribution in [0.15, 0.2) is 60.7 Å². The molecule has 0 amide bonds. The zero-order valence-electron chi connectivity index (χ0n) is 36.4. The Balaban J connectivity index is 0. The number of benzene rings is 2. The van der Waals surface area contributed by atoms with E-state index < -0.39 is 0 Å². The standard InChI is InChI=1S/C29H52NO2.C19H31NO2.2ClH/c1-5-7-8-9-14-20-25-30(3,4)26-21-15-12-10-11-13-17-22-27(6-2)29(31)32-28-23-18-16-19-24-28;20-17-13-8-6-4-2-1-3-5-7-12-16-19(21)22-18-14-10-9-11-15-18;;/h16,18-19,23-24,27H,5-15,17,20-22,25-26H2,1-4H3;9-11,14-15H,1-8,12-13,16-17,20H2;2*1H/q+1;;;/p-1. The highest BCUT2D eigenvalue weighted by Crippen LogP contribution is 2.20. The first-order chi connectivity index (χ1) is 26.3. The Morgan fingerprint density at radius 2 is 0.929 bits per heavy atom. The van der Waals surface area contributed by atoms with Gasteiger partial charge in [-0.15, -0.1) is 0 Å². The van der Waals surface area contributed by atoms with Gasteiger partial charge in [-0.25, -0.2) is 0 Å². The Bertz CT molecular complexity index is 1140. The first-order valence-electron chi connectivity index (χ1n) is 22.4. The minimum atomic E-state index is -0.114. The molecule has 6 nitrogen and oxygen atoms in total. The summed E-state index contributed by atoms with van der Waals surface area (Å²) in [5, 5.41) is 0. The molecule has 2 aromatic rings. The number of halogens is 2. The second-order valence-corrected chi connectivity index (χ2v) is 16.2. The van der Waals surface area contributed by atoms with Crippen molar-refractivity contribution < 1.29 is 54.1 Å². The molecule has 324 valence electrons. The molecule has 2 rings (SSSR count). The Kier molecular flexibility index (Phi) is 39.7. The van der Waals surface area contributed by atoms with Crippen LogP contribution in [0, 0.1) is 5.92 Å². The first kappa shape index (κ1) is 56.0. The molecule has 0 radical (unpaired) electrons. The van der Waals surface area contributed by atoms with Crippen molar-refractivity contribution in [3.8, 4) is 11.5 Å². The van der Waals surface area contributed by atoms with Gasteiger partial charge in [-0.2, -0.15) is 0 Å². The fraction of sp³-hybridized carbons (Fsp3) is 0.708. The van der Waals surface area contributed by atoms with Crippen LogP contribution in [0.25, 0.3) is 0 Å². The molecule has 0 aromatic heterocycles. The van der Waals surface area contributed by atoms with E-state index in [2.05, 4.69) is 33.7 Å². The number of esters is 2. The summed E-state index contributed by atoms with van der Waals surface area (Å²) in [6.07, 6.45) is 32.4. The lowest BCUT2D eigenvalue weighted by Crippen LogP contribution is -3.00. The molecule has 1 atom stereocenters. The molecule has 56 heavy (non-hydrogen) atoms. The van der Waals surface area contributed by atoms with E-state index in [9.17, 15) is 9.59 Å². The van der Waals surface area contributed by atoms with Crippen LogP contribution in [0.3, 0.4) is 0 Å². The highest BCUT2D eigenvalue weighted by molar-refractivity contribution is 5.75. The lowest BCUT2D eigenvalue weighted by atomic mass is 9.98. The van der Waals surface area contributed by atoms with E-state index >= 15 is 0 Å². The van der Waals surface area contributed by atoms with Gasteiger partial charge in [-0.3, -0.25) is 9.59 Å². The summed E-state index contributed by atoms with van der Waals surface area (Å²) in [4.78, 5) is 24.0. The summed E-state index contributed by atoms with van der Waals surface area (Å²) in [7, 11) is 4.80. The summed E-state index contributed by atoms with van der Waals surface area (Å²) in [5.74, 6) is 1.15. The van der Waals surface area contributed by atoms with E-state index in [4.69, 9.17) is 9.47 Å². The van der Waals surface area contributed by atoms with E-state index in [1.807, 2.05) is 60.7 Å². The SMILES string of the molecule is CCCCCCCC[N+](C)(C)CCCCCCCCCC(CC)C(=O)Oc1ccccc1.[Cl-].[Cl-].[NH3+]CCCCCCCCCCCCC(=O)Oc1ccccc1. The number of para-hydroxylation sites is 2. The van der Waals surface area contributed by atoms with Gasteiger partial charge >= 0.3 is 11.9 Å². The molecule has 0 aliphatic carbocycles. The number of carbonyl (C=O) groups excluding carboxylic acids is 2. The van der Waals surface area contributed by atoms with Gasteiger partial charge in [0.05, 0.1) is 39.6 Å². The molecular formula is C48H84Cl2N2O4. The second kappa shape index (κ2) is 39.7. The van der Waals surface area contributed by atoms with Gasteiger partial charge in [0, 0.05) is 6.42 Å². The Hall–Kier alpha value is -2.12. The zero-order chi connectivity index (χ0) is 39.4. The molecule has 0 saturated carbocycles. The predicted molar refractivity (Wildman–Crippen MR) is 229 cm³/mol. The van der Waals surface area contributed by atoms with Crippen LogP contribution < -0.4 is 40.0 Å². The highest BCUT2D eigenvalue weighted by atomic mass is 35.5. The quantitative estimate of drug-likeness (QED) is 0.0397. The summed E-state index contributed by atoms with van der Waals surface area (Å²) < 4.78 is 12.0. The topological polar surface area (TPSA) is 80.2 Å². The normalized spacial score (nSPS) is 11.4. The zero-order valence-corrected chi connectivity index (χ0v) is 37.9. The molecule has 1 unspecified atom stereocenters. The maximum absolute atomic E-state index is 12.4.